The molecule has 0 radical (unpaired) electrons. The van der Waals surface area contributed by atoms with Gasteiger partial charge in [-0.25, -0.2) is 0 Å². The lowest BCUT2D eigenvalue weighted by Gasteiger charge is -2.12. The molecule has 1 saturated carbocycles. The number of hydrogen-bond donors (Lipinski definition) is 0. The summed E-state index contributed by atoms with van der Waals surface area (Å²) >= 11 is 0. The highest BCUT2D eigenvalue weighted by molar-refractivity contribution is 5.29. The number of benzene rings is 1. The van der Waals surface area contributed by atoms with Crippen LogP contribution in [0.3, 0.4) is 0 Å². The van der Waals surface area contributed by atoms with Crippen molar-refractivity contribution in [2.24, 2.45) is 0 Å². The van der Waals surface area contributed by atoms with Crippen molar-refractivity contribution in [3.63, 3.8) is 0 Å². The Morgan fingerprint density at radius 2 is 1.56 bits per heavy atom. The second-order valence-electron chi connectivity index (χ2n) is 4.10. The minimum Gasteiger partial charge on any atom is -0.406 e. The van der Waals surface area contributed by atoms with Gasteiger partial charge in [0.25, 0.3) is 0 Å². The van der Waals surface area contributed by atoms with Crippen molar-refractivity contribution < 1.29 is 17.9 Å². The van der Waals surface area contributed by atoms with Crippen molar-refractivity contribution in [1.82, 2.24) is 0 Å². The molecule has 4 heteroatoms. The molecule has 1 aliphatic carbocycles. The second-order valence-corrected chi connectivity index (χ2v) is 4.10. The van der Waals surface area contributed by atoms with E-state index in [4.69, 9.17) is 0 Å². The molecule has 1 fully saturated rings. The zero-order chi connectivity index (χ0) is 11.6. The molecule has 0 spiro atoms. The van der Waals surface area contributed by atoms with Gasteiger partial charge in [0.2, 0.25) is 0 Å². The van der Waals surface area contributed by atoms with Gasteiger partial charge in [-0.3, -0.25) is 0 Å². The lowest BCUT2D eigenvalue weighted by molar-refractivity contribution is -0.274. The minimum absolute atomic E-state index is 0.144. The summed E-state index contributed by atoms with van der Waals surface area (Å²) in [4.78, 5) is 0. The first-order valence-corrected chi connectivity index (χ1v) is 5.40. The standard InChI is InChI=1S/C12H13F3O/c13-12(14,15)16-11-7-5-10(6-8-11)9-3-1-2-4-9/h5-9H,1-4H2. The third kappa shape index (κ3) is 2.90. The van der Waals surface area contributed by atoms with Crippen LogP contribution in [0.25, 0.3) is 0 Å². The van der Waals surface area contributed by atoms with Gasteiger partial charge in [-0.05, 0) is 36.5 Å². The van der Waals surface area contributed by atoms with E-state index in [1.807, 2.05) is 0 Å². The first-order chi connectivity index (χ1) is 7.54. The van der Waals surface area contributed by atoms with Crippen LogP contribution in [0.2, 0.25) is 0 Å². The van der Waals surface area contributed by atoms with Crippen LogP contribution in [0.5, 0.6) is 5.75 Å². The molecule has 0 bridgehead atoms. The Hall–Kier alpha value is -1.19. The number of alkyl halides is 3. The molecule has 0 aliphatic heterocycles. The maximum absolute atomic E-state index is 11.9. The summed E-state index contributed by atoms with van der Waals surface area (Å²) < 4.78 is 39.6. The fourth-order valence-corrected chi connectivity index (χ4v) is 2.20. The number of ether oxygens (including phenoxy) is 1. The highest BCUT2D eigenvalue weighted by Gasteiger charge is 2.31. The number of hydrogen-bond acceptors (Lipinski definition) is 1. The van der Waals surface area contributed by atoms with Gasteiger partial charge >= 0.3 is 6.36 Å². The largest absolute Gasteiger partial charge is 0.573 e. The van der Waals surface area contributed by atoms with E-state index in [2.05, 4.69) is 4.74 Å². The van der Waals surface area contributed by atoms with E-state index in [9.17, 15) is 13.2 Å². The van der Waals surface area contributed by atoms with Gasteiger partial charge in [-0.1, -0.05) is 25.0 Å². The Kier molecular flexibility index (Phi) is 3.08. The van der Waals surface area contributed by atoms with E-state index in [1.54, 1.807) is 12.1 Å². The van der Waals surface area contributed by atoms with Gasteiger partial charge < -0.3 is 4.74 Å². The fraction of sp³-hybridized carbons (Fsp3) is 0.500. The molecule has 1 aliphatic rings. The molecule has 0 N–H and O–H groups in total. The van der Waals surface area contributed by atoms with E-state index in [0.717, 1.165) is 18.4 Å². The van der Waals surface area contributed by atoms with Gasteiger partial charge in [0.15, 0.2) is 0 Å². The quantitative estimate of drug-likeness (QED) is 0.738. The summed E-state index contributed by atoms with van der Waals surface area (Å²) in [6.07, 6.45) is 0.102. The number of rotatable bonds is 2. The summed E-state index contributed by atoms with van der Waals surface area (Å²) in [5, 5.41) is 0. The molecular weight excluding hydrogens is 217 g/mol. The molecule has 0 aromatic heterocycles. The lowest BCUT2D eigenvalue weighted by atomic mass is 9.98. The Bertz CT molecular complexity index is 336. The Morgan fingerprint density at radius 1 is 1.00 bits per heavy atom. The third-order valence-electron chi connectivity index (χ3n) is 2.94. The molecule has 88 valence electrons. The van der Waals surface area contributed by atoms with Crippen LogP contribution in [-0.4, -0.2) is 6.36 Å². The molecule has 1 aromatic rings. The predicted molar refractivity (Wildman–Crippen MR) is 54.3 cm³/mol. The van der Waals surface area contributed by atoms with Crippen LogP contribution < -0.4 is 4.74 Å². The van der Waals surface area contributed by atoms with Crippen molar-refractivity contribution >= 4 is 0 Å². The summed E-state index contributed by atoms with van der Waals surface area (Å²) in [5.74, 6) is 0.370. The van der Waals surface area contributed by atoms with E-state index in [-0.39, 0.29) is 5.75 Å². The van der Waals surface area contributed by atoms with E-state index < -0.39 is 6.36 Å². The molecule has 16 heavy (non-hydrogen) atoms. The third-order valence-corrected chi connectivity index (χ3v) is 2.94. The lowest BCUT2D eigenvalue weighted by Crippen LogP contribution is -2.17. The van der Waals surface area contributed by atoms with Crippen LogP contribution in [-0.2, 0) is 0 Å². The van der Waals surface area contributed by atoms with Crippen molar-refractivity contribution in [2.45, 2.75) is 38.0 Å². The molecular formula is C12H13F3O. The van der Waals surface area contributed by atoms with Crippen molar-refractivity contribution in [3.8, 4) is 5.75 Å². The summed E-state index contributed by atoms with van der Waals surface area (Å²) in [7, 11) is 0. The van der Waals surface area contributed by atoms with Crippen molar-refractivity contribution in [1.29, 1.82) is 0 Å². The van der Waals surface area contributed by atoms with E-state index in [0.29, 0.717) is 5.92 Å². The first-order valence-electron chi connectivity index (χ1n) is 5.40. The molecule has 1 aromatic carbocycles. The van der Waals surface area contributed by atoms with E-state index in [1.165, 1.54) is 25.0 Å². The van der Waals surface area contributed by atoms with E-state index >= 15 is 0 Å². The molecule has 0 heterocycles. The predicted octanol–water partition coefficient (Wildman–Crippen LogP) is 4.24. The molecule has 0 unspecified atom stereocenters. The SMILES string of the molecule is FC(F)(F)Oc1ccc(C2CCCC2)cc1. The van der Waals surface area contributed by atoms with Gasteiger partial charge in [-0.2, -0.15) is 0 Å². The molecule has 0 atom stereocenters. The molecule has 0 amide bonds. The molecule has 1 nitrogen and oxygen atoms in total. The Labute approximate surface area is 92.2 Å². The van der Waals surface area contributed by atoms with Crippen molar-refractivity contribution in [3.05, 3.63) is 29.8 Å². The smallest absolute Gasteiger partial charge is 0.406 e. The first kappa shape index (κ1) is 11.3. The van der Waals surface area contributed by atoms with Gasteiger partial charge in [0.05, 0.1) is 0 Å². The fourth-order valence-electron chi connectivity index (χ4n) is 2.20. The summed E-state index contributed by atoms with van der Waals surface area (Å²) in [5.41, 5.74) is 1.12. The van der Waals surface area contributed by atoms with Gasteiger partial charge in [0, 0.05) is 0 Å². The zero-order valence-corrected chi connectivity index (χ0v) is 8.76. The molecule has 0 saturated heterocycles. The maximum Gasteiger partial charge on any atom is 0.573 e. The maximum atomic E-state index is 11.9. The normalized spacial score (nSPS) is 17.7. The van der Waals surface area contributed by atoms with Gasteiger partial charge in [0.1, 0.15) is 5.75 Å². The zero-order valence-electron chi connectivity index (χ0n) is 8.76. The summed E-state index contributed by atoms with van der Waals surface area (Å²) in [6, 6.07) is 6.25. The van der Waals surface area contributed by atoms with Crippen LogP contribution in [0, 0.1) is 0 Å². The van der Waals surface area contributed by atoms with Crippen LogP contribution in [0.4, 0.5) is 13.2 Å². The van der Waals surface area contributed by atoms with Crippen LogP contribution >= 0.6 is 0 Å². The second kappa shape index (κ2) is 4.36. The molecule has 2 rings (SSSR count). The summed E-state index contributed by atoms with van der Waals surface area (Å²) in [6.45, 7) is 0. The van der Waals surface area contributed by atoms with Crippen LogP contribution in [0.1, 0.15) is 37.2 Å². The average molecular weight is 230 g/mol. The highest BCUT2D eigenvalue weighted by Crippen LogP contribution is 2.35. The highest BCUT2D eigenvalue weighted by atomic mass is 19.4. The Balaban J connectivity index is 2.04. The van der Waals surface area contributed by atoms with Crippen LogP contribution in [0.15, 0.2) is 24.3 Å². The minimum atomic E-state index is -4.60. The number of halogens is 3. The van der Waals surface area contributed by atoms with Crippen molar-refractivity contribution in [2.75, 3.05) is 0 Å². The topological polar surface area (TPSA) is 9.23 Å². The average Bonchev–Trinajstić information content (AvgIpc) is 2.69. The monoisotopic (exact) mass is 230 g/mol. The Morgan fingerprint density at radius 3 is 2.06 bits per heavy atom. The van der Waals surface area contributed by atoms with Gasteiger partial charge in [-0.15, -0.1) is 13.2 Å².